The van der Waals surface area contributed by atoms with E-state index in [1.165, 1.54) is 17.6 Å². The number of thiophene rings is 1. The summed E-state index contributed by atoms with van der Waals surface area (Å²) in [5.74, 6) is 1.74. The maximum atomic E-state index is 12.9. The lowest BCUT2D eigenvalue weighted by atomic mass is 9.98. The minimum atomic E-state index is -0.440. The van der Waals surface area contributed by atoms with Crippen LogP contribution < -0.4 is 20.1 Å². The predicted molar refractivity (Wildman–Crippen MR) is 137 cm³/mol. The first-order valence-electron chi connectivity index (χ1n) is 11.2. The number of carbonyl (C=O) groups excluding carboxylic acids is 1. The molecule has 0 radical (unpaired) electrons. The van der Waals surface area contributed by atoms with Gasteiger partial charge < -0.3 is 24.5 Å². The minimum absolute atomic E-state index is 0.239. The Morgan fingerprint density at radius 2 is 1.83 bits per heavy atom. The Morgan fingerprint density at radius 1 is 1.06 bits per heavy atom. The highest BCUT2D eigenvalue weighted by Gasteiger charge is 2.26. The number of methoxy groups -OCH3 is 2. The average molecular weight is 493 g/mol. The van der Waals surface area contributed by atoms with E-state index in [-0.39, 0.29) is 11.7 Å². The monoisotopic (exact) mass is 492 g/mol. The molecule has 1 amide bonds. The smallest absolute Gasteiger partial charge is 0.291 e. The molecule has 0 spiro atoms. The third-order valence-electron chi connectivity index (χ3n) is 5.45. The van der Waals surface area contributed by atoms with Gasteiger partial charge in [-0.15, -0.1) is 11.3 Å². The Bertz CT molecular complexity index is 1300. The number of benzene rings is 1. The van der Waals surface area contributed by atoms with E-state index >= 15 is 0 Å². The Kier molecular flexibility index (Phi) is 7.36. The second-order valence-electron chi connectivity index (χ2n) is 7.94. The fraction of sp³-hybridized carbons (Fsp3) is 0.269. The van der Waals surface area contributed by atoms with Crippen molar-refractivity contribution in [2.45, 2.75) is 33.2 Å². The van der Waals surface area contributed by atoms with Gasteiger partial charge in [0.05, 0.1) is 26.5 Å². The van der Waals surface area contributed by atoms with Crippen LogP contribution in [0, 0.1) is 13.8 Å². The fourth-order valence-electron chi connectivity index (χ4n) is 3.82. The molecule has 4 rings (SSSR count). The number of aromatic nitrogens is 2. The zero-order valence-corrected chi connectivity index (χ0v) is 21.2. The first-order valence-corrected chi connectivity index (χ1v) is 12.0. The van der Waals surface area contributed by atoms with Gasteiger partial charge in [-0.3, -0.25) is 4.79 Å². The van der Waals surface area contributed by atoms with Crippen LogP contribution in [-0.4, -0.2) is 30.1 Å². The van der Waals surface area contributed by atoms with Gasteiger partial charge in [0.15, 0.2) is 5.76 Å². The summed E-state index contributed by atoms with van der Waals surface area (Å²) in [6, 6.07) is 12.5. The molecular weight excluding hydrogens is 464 g/mol. The molecule has 0 bridgehead atoms. The topological polar surface area (TPSA) is 98.5 Å². The number of nitrogens with one attached hydrogen (secondary N) is 2. The van der Waals surface area contributed by atoms with Crippen LogP contribution >= 0.6 is 11.3 Å². The zero-order valence-electron chi connectivity index (χ0n) is 20.3. The van der Waals surface area contributed by atoms with Crippen LogP contribution in [0.5, 0.6) is 11.5 Å². The van der Waals surface area contributed by atoms with Crippen molar-refractivity contribution in [2.24, 2.45) is 0 Å². The fourth-order valence-corrected chi connectivity index (χ4v) is 4.86. The van der Waals surface area contributed by atoms with Gasteiger partial charge >= 0.3 is 0 Å². The van der Waals surface area contributed by atoms with Gasteiger partial charge in [0.2, 0.25) is 5.95 Å². The Balaban J connectivity index is 1.85. The molecule has 8 nitrogen and oxygen atoms in total. The highest BCUT2D eigenvalue weighted by molar-refractivity contribution is 7.16. The van der Waals surface area contributed by atoms with Gasteiger partial charge in [0.25, 0.3) is 5.91 Å². The maximum Gasteiger partial charge on any atom is 0.291 e. The molecule has 2 N–H and O–H groups in total. The lowest BCUT2D eigenvalue weighted by Gasteiger charge is -2.23. The van der Waals surface area contributed by atoms with Gasteiger partial charge in [-0.25, -0.2) is 9.97 Å². The molecule has 3 heterocycles. The molecule has 0 aliphatic heterocycles. The lowest BCUT2D eigenvalue weighted by molar-refractivity contribution is 0.0997. The summed E-state index contributed by atoms with van der Waals surface area (Å²) in [6.45, 7) is 5.93. The largest absolute Gasteiger partial charge is 0.497 e. The molecule has 1 atom stereocenters. The number of carbonyl (C=O) groups is 1. The standard InChI is InChI=1S/C26H28N4O4S/c1-6-18-14-20(25(35-18)30-24(31)22-8-7-11-34-22)23(29-26-27-15(2)12-16(3)28-26)19-13-17(32-4)9-10-21(19)33-5/h7-14,23H,6H2,1-5H3,(H,30,31)(H,27,28,29). The van der Waals surface area contributed by atoms with E-state index < -0.39 is 6.04 Å². The molecule has 4 aromatic rings. The van der Waals surface area contributed by atoms with Crippen molar-refractivity contribution in [3.63, 3.8) is 0 Å². The number of rotatable bonds is 9. The average Bonchev–Trinajstić information content (AvgIpc) is 3.52. The lowest BCUT2D eigenvalue weighted by Crippen LogP contribution is -2.18. The van der Waals surface area contributed by atoms with Crippen LogP contribution in [-0.2, 0) is 6.42 Å². The normalized spacial score (nSPS) is 11.7. The van der Waals surface area contributed by atoms with Crippen molar-refractivity contribution >= 4 is 28.2 Å². The molecular formula is C26H28N4O4S. The van der Waals surface area contributed by atoms with Crippen LogP contribution in [0.2, 0.25) is 0 Å². The van der Waals surface area contributed by atoms with E-state index in [9.17, 15) is 4.79 Å². The molecule has 0 saturated carbocycles. The molecule has 35 heavy (non-hydrogen) atoms. The Hall–Kier alpha value is -3.85. The van der Waals surface area contributed by atoms with Gasteiger partial charge in [-0.05, 0) is 62.7 Å². The van der Waals surface area contributed by atoms with Crippen LogP contribution in [0.1, 0.15) is 50.9 Å². The van der Waals surface area contributed by atoms with Gasteiger partial charge in [-0.1, -0.05) is 6.92 Å². The van der Waals surface area contributed by atoms with Crippen LogP contribution in [0.3, 0.4) is 0 Å². The predicted octanol–water partition coefficient (Wildman–Crippen LogP) is 5.78. The summed E-state index contributed by atoms with van der Waals surface area (Å²) in [4.78, 5) is 23.2. The van der Waals surface area contributed by atoms with E-state index in [1.54, 1.807) is 26.4 Å². The van der Waals surface area contributed by atoms with Crippen LogP contribution in [0.25, 0.3) is 0 Å². The molecule has 182 valence electrons. The van der Waals surface area contributed by atoms with E-state index in [2.05, 4.69) is 33.6 Å². The van der Waals surface area contributed by atoms with Gasteiger partial charge in [0.1, 0.15) is 16.5 Å². The van der Waals surface area contributed by atoms with Gasteiger partial charge in [0, 0.05) is 27.4 Å². The third kappa shape index (κ3) is 5.46. The second kappa shape index (κ2) is 10.6. The number of anilines is 2. The van der Waals surface area contributed by atoms with Gasteiger partial charge in [-0.2, -0.15) is 0 Å². The zero-order chi connectivity index (χ0) is 24.9. The molecule has 1 aromatic carbocycles. The number of hydrogen-bond acceptors (Lipinski definition) is 8. The van der Waals surface area contributed by atoms with Crippen molar-refractivity contribution < 1.29 is 18.7 Å². The number of furan rings is 1. The van der Waals surface area contributed by atoms with Crippen molar-refractivity contribution in [3.8, 4) is 11.5 Å². The molecule has 1 unspecified atom stereocenters. The molecule has 0 saturated heterocycles. The summed E-state index contributed by atoms with van der Waals surface area (Å²) >= 11 is 1.52. The highest BCUT2D eigenvalue weighted by Crippen LogP contribution is 2.41. The SMILES string of the molecule is CCc1cc(C(Nc2nc(C)cc(C)n2)c2cc(OC)ccc2OC)c(NC(=O)c2ccco2)s1. The van der Waals surface area contributed by atoms with E-state index in [1.807, 2.05) is 38.1 Å². The second-order valence-corrected chi connectivity index (χ2v) is 9.08. The Morgan fingerprint density at radius 3 is 2.46 bits per heavy atom. The first-order chi connectivity index (χ1) is 16.9. The summed E-state index contributed by atoms with van der Waals surface area (Å²) in [6.07, 6.45) is 2.29. The van der Waals surface area contributed by atoms with Crippen molar-refractivity contribution in [1.29, 1.82) is 0 Å². The van der Waals surface area contributed by atoms with Crippen molar-refractivity contribution in [3.05, 3.63) is 81.9 Å². The molecule has 0 aliphatic rings. The molecule has 0 fully saturated rings. The van der Waals surface area contributed by atoms with Crippen LogP contribution in [0.15, 0.2) is 53.1 Å². The molecule has 9 heteroatoms. The number of aryl methyl sites for hydroxylation is 3. The summed E-state index contributed by atoms with van der Waals surface area (Å²) in [5, 5.41) is 7.21. The quantitative estimate of drug-likeness (QED) is 0.305. The highest BCUT2D eigenvalue weighted by atomic mass is 32.1. The number of ether oxygens (including phenoxy) is 2. The third-order valence-corrected chi connectivity index (χ3v) is 6.66. The molecule has 0 aliphatic carbocycles. The Labute approximate surface area is 208 Å². The maximum absolute atomic E-state index is 12.9. The number of hydrogen-bond donors (Lipinski definition) is 2. The number of amides is 1. The summed E-state index contributed by atoms with van der Waals surface area (Å²) < 4.78 is 16.5. The number of nitrogens with zero attached hydrogens (tertiary/aromatic N) is 2. The van der Waals surface area contributed by atoms with E-state index in [4.69, 9.17) is 13.9 Å². The van der Waals surface area contributed by atoms with Crippen LogP contribution in [0.4, 0.5) is 10.9 Å². The van der Waals surface area contributed by atoms with E-state index in [0.717, 1.165) is 33.8 Å². The van der Waals surface area contributed by atoms with Crippen molar-refractivity contribution in [2.75, 3.05) is 24.9 Å². The summed E-state index contributed by atoms with van der Waals surface area (Å²) in [7, 11) is 3.25. The summed E-state index contributed by atoms with van der Waals surface area (Å²) in [5.41, 5.74) is 3.38. The first kappa shape index (κ1) is 24.3. The molecule has 3 aromatic heterocycles. The van der Waals surface area contributed by atoms with E-state index in [0.29, 0.717) is 22.4 Å². The van der Waals surface area contributed by atoms with Crippen molar-refractivity contribution in [1.82, 2.24) is 9.97 Å². The minimum Gasteiger partial charge on any atom is -0.497 e.